The topological polar surface area (TPSA) is 105 Å². The van der Waals surface area contributed by atoms with E-state index < -0.39 is 54.3 Å². The summed E-state index contributed by atoms with van der Waals surface area (Å²) in [5.41, 5.74) is 0. The summed E-state index contributed by atoms with van der Waals surface area (Å²) in [7, 11) is 0. The van der Waals surface area contributed by atoms with Crippen molar-refractivity contribution in [1.29, 1.82) is 0 Å². The fourth-order valence-corrected chi connectivity index (χ4v) is 3.22. The zero-order valence-electron chi connectivity index (χ0n) is 13.4. The van der Waals surface area contributed by atoms with E-state index in [-0.39, 0.29) is 5.78 Å². The normalized spacial score (nSPS) is 35.3. The van der Waals surface area contributed by atoms with Crippen LogP contribution in [0.4, 0.5) is 0 Å². The first kappa shape index (κ1) is 17.4. The number of ether oxygens (including phenoxy) is 4. The van der Waals surface area contributed by atoms with Gasteiger partial charge in [0.05, 0.1) is 12.0 Å². The van der Waals surface area contributed by atoms with Gasteiger partial charge in [-0.05, 0) is 13.3 Å². The van der Waals surface area contributed by atoms with Crippen LogP contribution >= 0.6 is 0 Å². The van der Waals surface area contributed by atoms with Crippen molar-refractivity contribution < 1.29 is 38.1 Å². The van der Waals surface area contributed by atoms with E-state index >= 15 is 0 Å². The van der Waals surface area contributed by atoms with E-state index in [0.717, 1.165) is 0 Å². The van der Waals surface area contributed by atoms with Crippen LogP contribution in [0.1, 0.15) is 34.1 Å². The van der Waals surface area contributed by atoms with Gasteiger partial charge in [-0.2, -0.15) is 0 Å². The van der Waals surface area contributed by atoms with Gasteiger partial charge in [-0.25, -0.2) is 0 Å². The summed E-state index contributed by atoms with van der Waals surface area (Å²) >= 11 is 0. The van der Waals surface area contributed by atoms with Gasteiger partial charge in [-0.15, -0.1) is 0 Å². The number of carbonyl (C=O) groups is 4. The molecule has 0 aliphatic carbocycles. The van der Waals surface area contributed by atoms with E-state index in [4.69, 9.17) is 18.9 Å². The van der Waals surface area contributed by atoms with Crippen LogP contribution in [0.2, 0.25) is 0 Å². The van der Waals surface area contributed by atoms with Crippen molar-refractivity contribution in [3.8, 4) is 0 Å². The van der Waals surface area contributed by atoms with E-state index in [2.05, 4.69) is 0 Å². The van der Waals surface area contributed by atoms with Crippen molar-refractivity contribution in [2.24, 2.45) is 5.92 Å². The Bertz CT molecular complexity index is 512. The Balaban J connectivity index is 2.38. The molecule has 0 aromatic rings. The van der Waals surface area contributed by atoms with Crippen molar-refractivity contribution in [2.75, 3.05) is 0 Å². The van der Waals surface area contributed by atoms with Crippen molar-refractivity contribution >= 4 is 23.7 Å². The smallest absolute Gasteiger partial charge is 0.303 e. The number of ketones is 1. The molecule has 2 aliphatic heterocycles. The third-order valence-corrected chi connectivity index (χ3v) is 3.98. The molecule has 2 rings (SSSR count). The lowest BCUT2D eigenvalue weighted by Gasteiger charge is -2.40. The van der Waals surface area contributed by atoms with Crippen molar-refractivity contribution in [3.05, 3.63) is 0 Å². The van der Waals surface area contributed by atoms with E-state index in [1.165, 1.54) is 27.7 Å². The highest BCUT2D eigenvalue weighted by atomic mass is 16.6. The zero-order chi connectivity index (χ0) is 17.3. The van der Waals surface area contributed by atoms with Gasteiger partial charge in [0.1, 0.15) is 11.9 Å². The van der Waals surface area contributed by atoms with Crippen molar-refractivity contribution in [2.45, 2.75) is 64.6 Å². The van der Waals surface area contributed by atoms with Crippen LogP contribution in [0.5, 0.6) is 0 Å². The van der Waals surface area contributed by atoms with E-state index in [1.807, 2.05) is 0 Å². The third kappa shape index (κ3) is 3.69. The molecule has 0 aromatic carbocycles. The molecule has 0 spiro atoms. The predicted octanol–water partition coefficient (Wildman–Crippen LogP) is 0.158. The summed E-state index contributed by atoms with van der Waals surface area (Å²) in [4.78, 5) is 46.0. The molecule has 128 valence electrons. The summed E-state index contributed by atoms with van der Waals surface area (Å²) in [5.74, 6) is -2.43. The second kappa shape index (κ2) is 6.66. The molecule has 0 N–H and O–H groups in total. The fraction of sp³-hybridized carbons (Fsp3) is 0.733. The SMILES string of the molecule is CC(=O)O[C@@H]1[C@H](OC(C)=O)[C@H]2O[C@H](C[C@@H]2C(C)=O)[C@H]1OC(C)=O. The van der Waals surface area contributed by atoms with Crippen LogP contribution in [0.15, 0.2) is 0 Å². The number of esters is 3. The van der Waals surface area contributed by atoms with Crippen LogP contribution < -0.4 is 0 Å². The Hall–Kier alpha value is -1.96. The largest absolute Gasteiger partial charge is 0.456 e. The quantitative estimate of drug-likeness (QED) is 0.531. The molecule has 0 radical (unpaired) electrons. The molecule has 8 nitrogen and oxygen atoms in total. The fourth-order valence-electron chi connectivity index (χ4n) is 3.22. The second-order valence-electron chi connectivity index (χ2n) is 5.81. The third-order valence-electron chi connectivity index (χ3n) is 3.98. The lowest BCUT2D eigenvalue weighted by molar-refractivity contribution is -0.232. The van der Waals surface area contributed by atoms with Gasteiger partial charge < -0.3 is 18.9 Å². The van der Waals surface area contributed by atoms with Gasteiger partial charge in [0.25, 0.3) is 0 Å². The van der Waals surface area contributed by atoms with E-state index in [1.54, 1.807) is 0 Å². The number of Topliss-reactive ketones (excluding diaryl/α,β-unsaturated/α-hetero) is 1. The maximum atomic E-state index is 11.8. The lowest BCUT2D eigenvalue weighted by atomic mass is 9.93. The molecule has 23 heavy (non-hydrogen) atoms. The Kier molecular flexibility index (Phi) is 5.03. The first-order chi connectivity index (χ1) is 10.7. The number of hydrogen-bond donors (Lipinski definition) is 0. The predicted molar refractivity (Wildman–Crippen MR) is 74.1 cm³/mol. The molecule has 6 atom stereocenters. The van der Waals surface area contributed by atoms with Gasteiger partial charge in [-0.3, -0.25) is 19.2 Å². The minimum Gasteiger partial charge on any atom is -0.456 e. The van der Waals surface area contributed by atoms with Crippen LogP contribution in [-0.2, 0) is 38.1 Å². The molecular formula is C15H20O8. The van der Waals surface area contributed by atoms with Gasteiger partial charge in [-0.1, -0.05) is 0 Å². The maximum absolute atomic E-state index is 11.8. The molecule has 0 amide bonds. The van der Waals surface area contributed by atoms with Crippen LogP contribution in [0.3, 0.4) is 0 Å². The average Bonchev–Trinajstić information content (AvgIpc) is 2.79. The lowest BCUT2D eigenvalue weighted by Crippen LogP contribution is -2.58. The summed E-state index contributed by atoms with van der Waals surface area (Å²) < 4.78 is 21.5. The van der Waals surface area contributed by atoms with Crippen LogP contribution in [0.25, 0.3) is 0 Å². The van der Waals surface area contributed by atoms with Crippen molar-refractivity contribution in [1.82, 2.24) is 0 Å². The first-order valence-electron chi connectivity index (χ1n) is 7.38. The standard InChI is InChI=1S/C15H20O8/c1-6(16)10-5-11-13(20-7(2)17)15(22-9(4)19)14(12(10)23-11)21-8(3)18/h10-15H,5H2,1-4H3/t10-,11-,12+,13-,14-,15+/m1/s1. The molecule has 2 aliphatic rings. The second-order valence-corrected chi connectivity index (χ2v) is 5.81. The Morgan fingerprint density at radius 2 is 1.26 bits per heavy atom. The Labute approximate surface area is 133 Å². The molecule has 2 bridgehead atoms. The molecular weight excluding hydrogens is 308 g/mol. The van der Waals surface area contributed by atoms with E-state index in [0.29, 0.717) is 6.42 Å². The highest BCUT2D eigenvalue weighted by molar-refractivity contribution is 5.79. The van der Waals surface area contributed by atoms with Gasteiger partial charge in [0, 0.05) is 20.8 Å². The molecule has 2 saturated heterocycles. The van der Waals surface area contributed by atoms with E-state index in [9.17, 15) is 19.2 Å². The molecule has 8 heteroatoms. The summed E-state index contributed by atoms with van der Waals surface area (Å²) in [6, 6.07) is 0. The minimum atomic E-state index is -1.01. The highest BCUT2D eigenvalue weighted by Gasteiger charge is 2.59. The molecule has 0 aromatic heterocycles. The Morgan fingerprint density at radius 3 is 1.74 bits per heavy atom. The highest BCUT2D eigenvalue weighted by Crippen LogP contribution is 2.41. The molecule has 2 heterocycles. The average molecular weight is 328 g/mol. The Morgan fingerprint density at radius 1 is 0.783 bits per heavy atom. The van der Waals surface area contributed by atoms with Gasteiger partial charge in [0.15, 0.2) is 18.3 Å². The maximum Gasteiger partial charge on any atom is 0.303 e. The number of rotatable bonds is 4. The van der Waals surface area contributed by atoms with Gasteiger partial charge >= 0.3 is 17.9 Å². The number of fused-ring (bicyclic) bond motifs is 2. The molecule has 0 unspecified atom stereocenters. The summed E-state index contributed by atoms with van der Waals surface area (Å²) in [5, 5.41) is 0. The van der Waals surface area contributed by atoms with Crippen LogP contribution in [-0.4, -0.2) is 54.2 Å². The van der Waals surface area contributed by atoms with Gasteiger partial charge in [0.2, 0.25) is 0 Å². The minimum absolute atomic E-state index is 0.125. The van der Waals surface area contributed by atoms with Crippen LogP contribution in [0, 0.1) is 5.92 Å². The molecule has 0 saturated carbocycles. The number of hydrogen-bond acceptors (Lipinski definition) is 8. The number of carbonyl (C=O) groups excluding carboxylic acids is 4. The summed E-state index contributed by atoms with van der Waals surface area (Å²) in [6.45, 7) is 5.04. The summed E-state index contributed by atoms with van der Waals surface area (Å²) in [6.07, 6.45) is -3.94. The zero-order valence-corrected chi connectivity index (χ0v) is 13.4. The monoisotopic (exact) mass is 328 g/mol. The molecule has 2 fully saturated rings. The first-order valence-corrected chi connectivity index (χ1v) is 7.38. The van der Waals surface area contributed by atoms with Crippen molar-refractivity contribution in [3.63, 3.8) is 0 Å².